The third-order valence-electron chi connectivity index (χ3n) is 3.90. The maximum atomic E-state index is 6.00. The smallest absolute Gasteiger partial charge is 0.122 e. The van der Waals surface area contributed by atoms with Gasteiger partial charge in [0.05, 0.1) is 12.1 Å². The molecule has 1 aliphatic carbocycles. The lowest BCUT2D eigenvalue weighted by Crippen LogP contribution is -2.25. The molecule has 98 valence electrons. The Labute approximate surface area is 115 Å². The van der Waals surface area contributed by atoms with Crippen molar-refractivity contribution in [1.29, 1.82) is 0 Å². The van der Waals surface area contributed by atoms with Crippen LogP contribution in [0.5, 0.6) is 5.75 Å². The highest BCUT2D eigenvalue weighted by molar-refractivity contribution is 7.80. The Bertz CT molecular complexity index is 438. The molecule has 1 atom stereocenters. The van der Waals surface area contributed by atoms with Crippen LogP contribution in [0.25, 0.3) is 0 Å². The number of nitrogens with two attached hydrogens (primary N) is 1. The summed E-state index contributed by atoms with van der Waals surface area (Å²) in [6.07, 6.45) is 5.02. The topological polar surface area (TPSA) is 35.2 Å². The van der Waals surface area contributed by atoms with Crippen LogP contribution in [0.2, 0.25) is 0 Å². The quantitative estimate of drug-likeness (QED) is 0.844. The molecule has 3 heteroatoms. The largest absolute Gasteiger partial charge is 0.496 e. The summed E-state index contributed by atoms with van der Waals surface area (Å²) in [5.74, 6) is 1.65. The van der Waals surface area contributed by atoms with E-state index in [-0.39, 0.29) is 5.92 Å². The van der Waals surface area contributed by atoms with Gasteiger partial charge in [0.1, 0.15) is 5.75 Å². The van der Waals surface area contributed by atoms with Gasteiger partial charge in [0.2, 0.25) is 0 Å². The summed E-state index contributed by atoms with van der Waals surface area (Å²) < 4.78 is 5.48. The predicted octanol–water partition coefficient (Wildman–Crippen LogP) is 3.56. The number of benzene rings is 1. The van der Waals surface area contributed by atoms with Crippen molar-refractivity contribution in [3.63, 3.8) is 0 Å². The van der Waals surface area contributed by atoms with Crippen LogP contribution in [0, 0.1) is 12.8 Å². The Morgan fingerprint density at radius 1 is 1.39 bits per heavy atom. The van der Waals surface area contributed by atoms with Gasteiger partial charge < -0.3 is 10.5 Å². The Balaban J connectivity index is 2.40. The molecule has 0 saturated heterocycles. The molecule has 0 aliphatic heterocycles. The molecule has 0 spiro atoms. The molecule has 1 saturated carbocycles. The van der Waals surface area contributed by atoms with Crippen molar-refractivity contribution in [2.24, 2.45) is 11.7 Å². The predicted molar refractivity (Wildman–Crippen MR) is 79.2 cm³/mol. The zero-order valence-electron chi connectivity index (χ0n) is 11.1. The van der Waals surface area contributed by atoms with Gasteiger partial charge in [-0.1, -0.05) is 42.8 Å². The van der Waals surface area contributed by atoms with Gasteiger partial charge in [-0.3, -0.25) is 0 Å². The number of hydrogen-bond acceptors (Lipinski definition) is 2. The number of thiocarbonyl (C=S) groups is 1. The Morgan fingerprint density at radius 3 is 2.61 bits per heavy atom. The minimum Gasteiger partial charge on any atom is -0.496 e. The number of aryl methyl sites for hydroxylation is 1. The molecule has 1 aromatic carbocycles. The van der Waals surface area contributed by atoms with Crippen molar-refractivity contribution in [3.05, 3.63) is 29.3 Å². The van der Waals surface area contributed by atoms with E-state index in [4.69, 9.17) is 22.7 Å². The van der Waals surface area contributed by atoms with Gasteiger partial charge in [-0.15, -0.1) is 0 Å². The molecule has 1 fully saturated rings. The summed E-state index contributed by atoms with van der Waals surface area (Å²) in [5, 5.41) is 0. The average Bonchev–Trinajstić information content (AvgIpc) is 2.83. The highest BCUT2D eigenvalue weighted by atomic mass is 32.1. The third-order valence-corrected chi connectivity index (χ3v) is 4.15. The number of ether oxygens (including phenoxy) is 1. The van der Waals surface area contributed by atoms with Crippen molar-refractivity contribution in [2.75, 3.05) is 7.11 Å². The first kappa shape index (κ1) is 13.3. The van der Waals surface area contributed by atoms with Crippen molar-refractivity contribution < 1.29 is 4.74 Å². The summed E-state index contributed by atoms with van der Waals surface area (Å²) in [6.45, 7) is 2.09. The molecule has 18 heavy (non-hydrogen) atoms. The van der Waals surface area contributed by atoms with E-state index >= 15 is 0 Å². The monoisotopic (exact) mass is 263 g/mol. The van der Waals surface area contributed by atoms with E-state index in [1.807, 2.05) is 6.07 Å². The van der Waals surface area contributed by atoms with Crippen LogP contribution < -0.4 is 10.5 Å². The fourth-order valence-electron chi connectivity index (χ4n) is 3.03. The second-order valence-corrected chi connectivity index (χ2v) is 5.64. The number of hydrogen-bond donors (Lipinski definition) is 1. The highest BCUT2D eigenvalue weighted by Gasteiger charge is 2.30. The van der Waals surface area contributed by atoms with Crippen molar-refractivity contribution in [2.45, 2.75) is 38.5 Å². The highest BCUT2D eigenvalue weighted by Crippen LogP contribution is 2.41. The molecule has 2 nitrogen and oxygen atoms in total. The Kier molecular flexibility index (Phi) is 4.23. The number of methoxy groups -OCH3 is 1. The van der Waals surface area contributed by atoms with Gasteiger partial charge in [-0.2, -0.15) is 0 Å². The fourth-order valence-corrected chi connectivity index (χ4v) is 3.35. The maximum absolute atomic E-state index is 6.00. The van der Waals surface area contributed by atoms with Gasteiger partial charge in [0.25, 0.3) is 0 Å². The zero-order valence-corrected chi connectivity index (χ0v) is 11.9. The number of rotatable bonds is 4. The molecule has 0 amide bonds. The van der Waals surface area contributed by atoms with Crippen molar-refractivity contribution >= 4 is 17.2 Å². The van der Waals surface area contributed by atoms with Gasteiger partial charge in [-0.05, 0) is 31.7 Å². The lowest BCUT2D eigenvalue weighted by Gasteiger charge is -2.25. The van der Waals surface area contributed by atoms with Gasteiger partial charge in [0, 0.05) is 11.5 Å². The van der Waals surface area contributed by atoms with Crippen molar-refractivity contribution in [1.82, 2.24) is 0 Å². The van der Waals surface area contributed by atoms with Gasteiger partial charge in [0.15, 0.2) is 0 Å². The molecular weight excluding hydrogens is 242 g/mol. The molecular formula is C15H21NOS. The molecule has 0 bridgehead atoms. The summed E-state index contributed by atoms with van der Waals surface area (Å²) >= 11 is 5.31. The van der Waals surface area contributed by atoms with Crippen LogP contribution in [0.3, 0.4) is 0 Å². The fraction of sp³-hybridized carbons (Fsp3) is 0.533. The normalized spacial score (nSPS) is 17.7. The van der Waals surface area contributed by atoms with E-state index < -0.39 is 0 Å². The molecule has 1 aromatic rings. The molecule has 0 heterocycles. The zero-order chi connectivity index (χ0) is 13.1. The molecule has 0 aromatic heterocycles. The minimum atomic E-state index is 0.164. The van der Waals surface area contributed by atoms with Crippen molar-refractivity contribution in [3.8, 4) is 5.75 Å². The molecule has 2 N–H and O–H groups in total. The Morgan fingerprint density at radius 2 is 2.06 bits per heavy atom. The van der Waals surface area contributed by atoms with Crippen LogP contribution in [-0.2, 0) is 0 Å². The van der Waals surface area contributed by atoms with Crippen LogP contribution in [-0.4, -0.2) is 12.1 Å². The van der Waals surface area contributed by atoms with E-state index in [2.05, 4.69) is 19.1 Å². The summed E-state index contributed by atoms with van der Waals surface area (Å²) in [5.41, 5.74) is 8.39. The summed E-state index contributed by atoms with van der Waals surface area (Å²) in [6, 6.07) is 6.25. The first-order chi connectivity index (χ1) is 8.63. The molecule has 1 unspecified atom stereocenters. The van der Waals surface area contributed by atoms with E-state index in [1.54, 1.807) is 7.11 Å². The van der Waals surface area contributed by atoms with E-state index in [0.717, 1.165) is 11.3 Å². The summed E-state index contributed by atoms with van der Waals surface area (Å²) in [7, 11) is 1.71. The molecule has 0 radical (unpaired) electrons. The third kappa shape index (κ3) is 2.66. The first-order valence-electron chi connectivity index (χ1n) is 6.57. The van der Waals surface area contributed by atoms with Crippen LogP contribution in [0.15, 0.2) is 18.2 Å². The lowest BCUT2D eigenvalue weighted by atomic mass is 9.83. The minimum absolute atomic E-state index is 0.164. The Hall–Kier alpha value is -1.09. The second-order valence-electron chi connectivity index (χ2n) is 5.17. The van der Waals surface area contributed by atoms with E-state index in [9.17, 15) is 0 Å². The van der Waals surface area contributed by atoms with E-state index in [1.165, 1.54) is 31.2 Å². The van der Waals surface area contributed by atoms with Crippen LogP contribution >= 0.6 is 12.2 Å². The van der Waals surface area contributed by atoms with Crippen LogP contribution in [0.4, 0.5) is 0 Å². The summed E-state index contributed by atoms with van der Waals surface area (Å²) in [4.78, 5) is 0.603. The maximum Gasteiger partial charge on any atom is 0.122 e. The van der Waals surface area contributed by atoms with Gasteiger partial charge in [-0.25, -0.2) is 0 Å². The molecule has 2 rings (SSSR count). The first-order valence-corrected chi connectivity index (χ1v) is 6.98. The standard InChI is InChI=1S/C15H21NOS/c1-10-7-8-13(17-2)12(9-10)14(15(16)18)11-5-3-4-6-11/h7-9,11,14H,3-6H2,1-2H3,(H2,16,18). The average molecular weight is 263 g/mol. The van der Waals surface area contributed by atoms with E-state index in [0.29, 0.717) is 10.9 Å². The van der Waals surface area contributed by atoms with Crippen LogP contribution in [0.1, 0.15) is 42.7 Å². The SMILES string of the molecule is COc1ccc(C)cc1C(C(N)=S)C1CCCC1. The molecule has 1 aliphatic rings. The lowest BCUT2D eigenvalue weighted by molar-refractivity contribution is 0.400. The second kappa shape index (κ2) is 5.70. The van der Waals surface area contributed by atoms with Gasteiger partial charge >= 0.3 is 0 Å².